The third-order valence-electron chi connectivity index (χ3n) is 4.85. The zero-order valence-electron chi connectivity index (χ0n) is 18.5. The van der Waals surface area contributed by atoms with Crippen LogP contribution in [-0.4, -0.2) is 67.8 Å². The van der Waals surface area contributed by atoms with Crippen LogP contribution < -0.4 is 0 Å². The topological polar surface area (TPSA) is 79.3 Å². The molecule has 31 heavy (non-hydrogen) atoms. The van der Waals surface area contributed by atoms with Crippen LogP contribution >= 0.6 is 0 Å². The summed E-state index contributed by atoms with van der Waals surface area (Å²) in [5.41, 5.74) is -0.0128. The summed E-state index contributed by atoms with van der Waals surface area (Å²) >= 11 is 0. The first-order valence-electron chi connectivity index (χ1n) is 10.1. The normalized spacial score (nSPS) is 19.8. The lowest BCUT2D eigenvalue weighted by atomic mass is 10.1. The molecule has 2 atom stereocenters. The minimum Gasteiger partial charge on any atom is -0.443 e. The minimum absolute atomic E-state index is 0.0668. The number of amides is 1. The monoisotopic (exact) mass is 443 g/mol. The van der Waals surface area contributed by atoms with E-state index < -0.39 is 32.9 Å². The molecule has 2 aromatic carbocycles. The average Bonchev–Trinajstić information content (AvgIpc) is 2.72. The van der Waals surface area contributed by atoms with Crippen molar-refractivity contribution in [1.82, 2.24) is 9.80 Å². The van der Waals surface area contributed by atoms with E-state index >= 15 is 0 Å². The van der Waals surface area contributed by atoms with Crippen molar-refractivity contribution in [1.29, 1.82) is 0 Å². The van der Waals surface area contributed by atoms with Crippen molar-refractivity contribution >= 4 is 21.8 Å². The third kappa shape index (κ3) is 5.14. The molecule has 0 fully saturated rings. The summed E-state index contributed by atoms with van der Waals surface area (Å²) in [6.45, 7) is 5.25. The molecular formula is C23H29N3O4S. The Kier molecular flexibility index (Phi) is 6.52. The van der Waals surface area contributed by atoms with Crippen LogP contribution in [0.5, 0.6) is 0 Å². The Labute approximate surface area is 184 Å². The predicted molar refractivity (Wildman–Crippen MR) is 121 cm³/mol. The van der Waals surface area contributed by atoms with Gasteiger partial charge in [-0.25, -0.2) is 18.2 Å². The molecule has 0 radical (unpaired) electrons. The molecule has 8 heteroatoms. The Hall–Kier alpha value is -2.71. The lowest BCUT2D eigenvalue weighted by Gasteiger charge is -2.39. The van der Waals surface area contributed by atoms with Crippen LogP contribution in [0.1, 0.15) is 26.3 Å². The molecular weight excluding hydrogens is 414 g/mol. The number of amidine groups is 1. The maximum absolute atomic E-state index is 13.5. The van der Waals surface area contributed by atoms with Crippen LogP contribution in [0.3, 0.4) is 0 Å². The van der Waals surface area contributed by atoms with Gasteiger partial charge in [-0.3, -0.25) is 9.80 Å². The highest BCUT2D eigenvalue weighted by atomic mass is 32.2. The highest BCUT2D eigenvalue weighted by molar-refractivity contribution is 7.92. The van der Waals surface area contributed by atoms with E-state index in [0.717, 1.165) is 5.56 Å². The molecule has 0 saturated carbocycles. The van der Waals surface area contributed by atoms with Gasteiger partial charge in [0.2, 0.25) is 0 Å². The summed E-state index contributed by atoms with van der Waals surface area (Å²) in [4.78, 5) is 21.1. The van der Waals surface area contributed by atoms with Gasteiger partial charge < -0.3 is 4.74 Å². The number of hydrogen-bond donors (Lipinski definition) is 0. The second-order valence-corrected chi connectivity index (χ2v) is 10.9. The van der Waals surface area contributed by atoms with Crippen LogP contribution in [0.15, 0.2) is 70.6 Å². The number of ether oxygens (including phenoxy) is 1. The Morgan fingerprint density at radius 3 is 2.10 bits per heavy atom. The lowest BCUT2D eigenvalue weighted by molar-refractivity contribution is 0.0349. The fourth-order valence-corrected chi connectivity index (χ4v) is 5.28. The molecule has 0 saturated heterocycles. The van der Waals surface area contributed by atoms with Gasteiger partial charge in [0.05, 0.1) is 11.4 Å². The van der Waals surface area contributed by atoms with E-state index in [1.165, 1.54) is 4.90 Å². The van der Waals surface area contributed by atoms with E-state index in [4.69, 9.17) is 9.73 Å². The molecule has 0 spiro atoms. The molecule has 0 bridgehead atoms. The zero-order valence-corrected chi connectivity index (χ0v) is 19.3. The average molecular weight is 444 g/mol. The number of aliphatic imine (C=N–C) groups is 1. The van der Waals surface area contributed by atoms with Gasteiger partial charge in [-0.15, -0.1) is 0 Å². The van der Waals surface area contributed by atoms with Crippen LogP contribution in [-0.2, 0) is 14.6 Å². The Morgan fingerprint density at radius 2 is 1.58 bits per heavy atom. The number of rotatable bonds is 4. The third-order valence-corrected chi connectivity index (χ3v) is 6.97. The summed E-state index contributed by atoms with van der Waals surface area (Å²) in [5.74, 6) is 0.396. The van der Waals surface area contributed by atoms with Crippen LogP contribution in [0.25, 0.3) is 0 Å². The van der Waals surface area contributed by atoms with Crippen molar-refractivity contribution in [2.75, 3.05) is 20.6 Å². The fraction of sp³-hybridized carbons (Fsp3) is 0.391. The largest absolute Gasteiger partial charge is 0.443 e. The summed E-state index contributed by atoms with van der Waals surface area (Å²) in [6, 6.07) is 17.5. The maximum Gasteiger partial charge on any atom is 0.416 e. The van der Waals surface area contributed by atoms with Crippen molar-refractivity contribution in [2.24, 2.45) is 4.99 Å². The summed E-state index contributed by atoms with van der Waals surface area (Å²) < 4.78 is 32.6. The highest BCUT2D eigenvalue weighted by Crippen LogP contribution is 2.28. The van der Waals surface area contributed by atoms with E-state index in [0.29, 0.717) is 5.84 Å². The van der Waals surface area contributed by atoms with Crippen LogP contribution in [0.4, 0.5) is 4.79 Å². The van der Waals surface area contributed by atoms with E-state index in [1.54, 1.807) is 70.1 Å². The fourth-order valence-electron chi connectivity index (χ4n) is 3.43. The maximum atomic E-state index is 13.5. The molecule has 0 aliphatic carbocycles. The smallest absolute Gasteiger partial charge is 0.416 e. The Morgan fingerprint density at radius 1 is 1.03 bits per heavy atom. The first kappa shape index (κ1) is 23.0. The molecule has 2 aromatic rings. The number of carbonyl (C=O) groups excluding carboxylic acids is 1. The predicted octanol–water partition coefficient (Wildman–Crippen LogP) is 3.41. The number of nitrogens with zero attached hydrogens (tertiary/aromatic N) is 3. The number of benzene rings is 2. The van der Waals surface area contributed by atoms with Gasteiger partial charge >= 0.3 is 6.09 Å². The van der Waals surface area contributed by atoms with E-state index in [9.17, 15) is 13.2 Å². The Bertz CT molecular complexity index is 1050. The van der Waals surface area contributed by atoms with Gasteiger partial charge in [0.25, 0.3) is 0 Å². The minimum atomic E-state index is -3.77. The van der Waals surface area contributed by atoms with Crippen LogP contribution in [0, 0.1) is 0 Å². The SMILES string of the molecule is CN(C)C1N=C(c2ccccc2)N(C(=O)OC(C)(C)C)CC1S(=O)(=O)c1ccccc1. The molecule has 2 unspecified atom stereocenters. The summed E-state index contributed by atoms with van der Waals surface area (Å²) in [5, 5.41) is -0.954. The second kappa shape index (κ2) is 8.80. The first-order chi connectivity index (χ1) is 14.5. The molecule has 0 N–H and O–H groups in total. The molecule has 1 heterocycles. The molecule has 166 valence electrons. The quantitative estimate of drug-likeness (QED) is 0.724. The van der Waals surface area contributed by atoms with Crippen molar-refractivity contribution in [3.63, 3.8) is 0 Å². The second-order valence-electron chi connectivity index (χ2n) is 8.68. The van der Waals surface area contributed by atoms with Gasteiger partial charge in [0.15, 0.2) is 9.84 Å². The van der Waals surface area contributed by atoms with Crippen LogP contribution in [0.2, 0.25) is 0 Å². The number of hydrogen-bond acceptors (Lipinski definition) is 6. The number of sulfone groups is 1. The molecule has 0 aromatic heterocycles. The van der Waals surface area contributed by atoms with Gasteiger partial charge in [-0.2, -0.15) is 0 Å². The molecule has 1 amide bonds. The standard InChI is InChI=1S/C23H29N3O4S/c1-23(2,3)30-22(27)26-16-19(31(28,29)18-14-10-7-11-15-18)21(25(4)5)24-20(26)17-12-8-6-9-13-17/h6-15,19,21H,16H2,1-5H3. The van der Waals surface area contributed by atoms with Crippen molar-refractivity contribution in [3.8, 4) is 0 Å². The van der Waals surface area contributed by atoms with E-state index in [-0.39, 0.29) is 11.4 Å². The molecule has 3 rings (SSSR count). The molecule has 1 aliphatic rings. The van der Waals surface area contributed by atoms with Gasteiger partial charge in [0.1, 0.15) is 22.9 Å². The van der Waals surface area contributed by atoms with Crippen molar-refractivity contribution in [2.45, 2.75) is 42.7 Å². The van der Waals surface area contributed by atoms with Gasteiger partial charge in [-0.05, 0) is 47.0 Å². The van der Waals surface area contributed by atoms with Gasteiger partial charge in [0, 0.05) is 5.56 Å². The zero-order chi connectivity index (χ0) is 22.8. The number of carbonyl (C=O) groups is 1. The molecule has 7 nitrogen and oxygen atoms in total. The first-order valence-corrected chi connectivity index (χ1v) is 11.6. The van der Waals surface area contributed by atoms with Crippen molar-refractivity contribution in [3.05, 3.63) is 66.2 Å². The van der Waals surface area contributed by atoms with Crippen molar-refractivity contribution < 1.29 is 17.9 Å². The van der Waals surface area contributed by atoms with E-state index in [2.05, 4.69) is 0 Å². The Balaban J connectivity index is 2.12. The summed E-state index contributed by atoms with van der Waals surface area (Å²) in [7, 11) is -0.200. The van der Waals surface area contributed by atoms with E-state index in [1.807, 2.05) is 30.3 Å². The summed E-state index contributed by atoms with van der Waals surface area (Å²) in [6.07, 6.45) is -1.29. The van der Waals surface area contributed by atoms with Gasteiger partial charge in [-0.1, -0.05) is 48.5 Å². The lowest BCUT2D eigenvalue weighted by Crippen LogP contribution is -2.57. The highest BCUT2D eigenvalue weighted by Gasteiger charge is 2.44. The molecule has 1 aliphatic heterocycles.